The molecule has 9 N–H and O–H groups in total. The summed E-state index contributed by atoms with van der Waals surface area (Å²) in [7, 11) is 0. The number of aliphatic hydroxyl groups is 8. The molecule has 2 saturated heterocycles. The molecule has 2 heterocycles. The van der Waals surface area contributed by atoms with Gasteiger partial charge in [0.25, 0.3) is 0 Å². The minimum Gasteiger partial charge on any atom is -0.394 e. The second-order valence-corrected chi connectivity index (χ2v) is 21.8. The van der Waals surface area contributed by atoms with E-state index in [4.69, 9.17) is 18.9 Å². The maximum atomic E-state index is 13.3. The molecule has 85 heavy (non-hydrogen) atoms. The quantitative estimate of drug-likeness (QED) is 0.0204. The first-order valence-electron chi connectivity index (χ1n) is 32.2. The van der Waals surface area contributed by atoms with E-state index in [0.717, 1.165) is 103 Å². The van der Waals surface area contributed by atoms with Crippen LogP contribution in [-0.2, 0) is 23.7 Å². The van der Waals surface area contributed by atoms with Crippen molar-refractivity contribution < 1.29 is 64.6 Å². The van der Waals surface area contributed by atoms with Gasteiger partial charge in [-0.1, -0.05) is 223 Å². The lowest BCUT2D eigenvalue weighted by Gasteiger charge is -2.46. The number of unbranched alkanes of at least 4 members (excludes halogenated alkanes) is 12. The number of ether oxygens (including phenoxy) is 4. The summed E-state index contributed by atoms with van der Waals surface area (Å²) in [6, 6.07) is -0.961. The molecule has 0 spiro atoms. The molecule has 2 rings (SSSR count). The van der Waals surface area contributed by atoms with Gasteiger partial charge in [-0.25, -0.2) is 0 Å². The molecule has 0 bridgehead atoms. The van der Waals surface area contributed by atoms with E-state index in [-0.39, 0.29) is 18.9 Å². The van der Waals surface area contributed by atoms with Crippen molar-refractivity contribution in [3.63, 3.8) is 0 Å². The number of carbonyl (C=O) groups is 1. The van der Waals surface area contributed by atoms with Gasteiger partial charge in [-0.15, -0.1) is 0 Å². The Morgan fingerprint density at radius 2 is 0.824 bits per heavy atom. The topological polar surface area (TPSA) is 228 Å². The Balaban J connectivity index is 1.70. The molecule has 2 fully saturated rings. The van der Waals surface area contributed by atoms with Gasteiger partial charge in [0.15, 0.2) is 12.6 Å². The zero-order chi connectivity index (χ0) is 61.6. The Bertz CT molecular complexity index is 2030. The lowest BCUT2D eigenvalue weighted by atomic mass is 9.97. The van der Waals surface area contributed by atoms with Crippen LogP contribution in [0.4, 0.5) is 0 Å². The fraction of sp³-hybridized carbons (Fsp3) is 0.620. The normalized spacial score (nSPS) is 24.6. The van der Waals surface area contributed by atoms with Gasteiger partial charge < -0.3 is 65.1 Å². The molecule has 0 radical (unpaired) electrons. The zero-order valence-corrected chi connectivity index (χ0v) is 51.8. The summed E-state index contributed by atoms with van der Waals surface area (Å²) in [4.78, 5) is 13.3. The number of hydrogen-bond acceptors (Lipinski definition) is 13. The average Bonchev–Trinajstić information content (AvgIpc) is 3.65. The summed E-state index contributed by atoms with van der Waals surface area (Å²) < 4.78 is 22.7. The van der Waals surface area contributed by atoms with Crippen LogP contribution in [0.2, 0.25) is 0 Å². The molecule has 480 valence electrons. The first-order chi connectivity index (χ1) is 41.6. The standard InChI is InChI=1S/C71H113NO13/c1-3-5-7-9-11-13-15-17-19-20-21-22-23-24-25-26-27-28-29-30-31-32-33-34-35-36-37-38-39-40-41-43-45-47-49-51-53-55-63(76)72-59(60(75)54-52-50-48-46-44-42-18-16-14-12-10-8-6-4-2)58-82-70-68(81)66(79)69(62(57-74)84-70)85-71-67(80)65(78)64(77)61(56-73)83-71/h5,7,11,13,17,19,21-22,24-25,27-28,30-31,33-34,36-37,39-40,43-46,52,54,59-62,64-71,73-75,77-81H,3-4,6,8-10,12,14-16,18,20,23,26,29,32,35,38,41-42,47-51,53,55-58H2,1-2H3,(H,72,76)/b7-5-,13-11-,19-17-,22-21-,25-24-,28-27-,31-30-,34-33-,37-36-,40-39-,45-43-,46-44+,54-52+. The van der Waals surface area contributed by atoms with Crippen molar-refractivity contribution in [2.24, 2.45) is 0 Å². The molecule has 14 nitrogen and oxygen atoms in total. The third-order valence-corrected chi connectivity index (χ3v) is 14.4. The smallest absolute Gasteiger partial charge is 0.220 e. The molecule has 1 amide bonds. The van der Waals surface area contributed by atoms with Crippen LogP contribution >= 0.6 is 0 Å². The third-order valence-electron chi connectivity index (χ3n) is 14.4. The predicted octanol–water partition coefficient (Wildman–Crippen LogP) is 12.3. The Hall–Kier alpha value is -4.39. The van der Waals surface area contributed by atoms with Crippen LogP contribution in [0, 0.1) is 0 Å². The summed E-state index contributed by atoms with van der Waals surface area (Å²) >= 11 is 0. The van der Waals surface area contributed by atoms with Crippen LogP contribution in [0.1, 0.15) is 187 Å². The van der Waals surface area contributed by atoms with Crippen molar-refractivity contribution in [3.8, 4) is 0 Å². The monoisotopic (exact) mass is 1190 g/mol. The molecule has 14 heteroatoms. The van der Waals surface area contributed by atoms with Gasteiger partial charge in [0.1, 0.15) is 48.8 Å². The summed E-state index contributed by atoms with van der Waals surface area (Å²) in [6.45, 7) is 2.60. The largest absolute Gasteiger partial charge is 0.394 e. The molecule has 0 aromatic heterocycles. The molecule has 0 aliphatic carbocycles. The SMILES string of the molecule is CC/C=C\C/C=C\C/C=C\C/C=C\C/C=C\C/C=C\C/C=C\C/C=C\C/C=C\C/C=C\C/C=C\CCCCCC(=O)NC(COC1OC(CO)C(OC2OC(CO)C(O)C(O)C2O)C(O)C1O)C(O)/C=C/CC/C=C/CCCCCCCCCC. The van der Waals surface area contributed by atoms with Crippen LogP contribution in [0.15, 0.2) is 158 Å². The molecule has 0 aromatic carbocycles. The number of nitrogens with one attached hydrogen (secondary N) is 1. The van der Waals surface area contributed by atoms with Crippen LogP contribution in [0.5, 0.6) is 0 Å². The highest BCUT2D eigenvalue weighted by Gasteiger charge is 2.51. The Kier molecular flexibility index (Phi) is 48.6. The Morgan fingerprint density at radius 3 is 1.29 bits per heavy atom. The van der Waals surface area contributed by atoms with Gasteiger partial charge >= 0.3 is 0 Å². The van der Waals surface area contributed by atoms with Crippen molar-refractivity contribution >= 4 is 5.91 Å². The number of carbonyl (C=O) groups excluding carboxylic acids is 1. The van der Waals surface area contributed by atoms with E-state index in [0.29, 0.717) is 12.8 Å². The number of aliphatic hydroxyl groups excluding tert-OH is 8. The molecular formula is C71H113NO13. The molecule has 12 atom stereocenters. The minimum absolute atomic E-state index is 0.222. The fourth-order valence-corrected chi connectivity index (χ4v) is 9.31. The fourth-order valence-electron chi connectivity index (χ4n) is 9.31. The molecule has 0 saturated carbocycles. The first kappa shape index (κ1) is 76.7. The molecule has 2 aliphatic rings. The molecule has 2 aliphatic heterocycles. The van der Waals surface area contributed by atoms with Gasteiger partial charge in [-0.3, -0.25) is 4.79 Å². The van der Waals surface area contributed by atoms with Crippen LogP contribution in [-0.4, -0.2) is 140 Å². The maximum Gasteiger partial charge on any atom is 0.220 e. The van der Waals surface area contributed by atoms with E-state index in [2.05, 4.69) is 165 Å². The lowest BCUT2D eigenvalue weighted by molar-refractivity contribution is -0.359. The van der Waals surface area contributed by atoms with Gasteiger partial charge in [-0.2, -0.15) is 0 Å². The van der Waals surface area contributed by atoms with Gasteiger partial charge in [0, 0.05) is 6.42 Å². The second kappa shape index (κ2) is 53.8. The molecule has 0 aromatic rings. The second-order valence-electron chi connectivity index (χ2n) is 21.8. The lowest BCUT2D eigenvalue weighted by Crippen LogP contribution is -2.65. The highest BCUT2D eigenvalue weighted by atomic mass is 16.7. The van der Waals surface area contributed by atoms with E-state index < -0.39 is 86.8 Å². The van der Waals surface area contributed by atoms with E-state index in [1.165, 1.54) is 51.4 Å². The third kappa shape index (κ3) is 38.5. The Morgan fingerprint density at radius 1 is 0.435 bits per heavy atom. The number of amides is 1. The first-order valence-corrected chi connectivity index (χ1v) is 32.2. The number of rotatable bonds is 49. The highest BCUT2D eigenvalue weighted by molar-refractivity contribution is 5.76. The predicted molar refractivity (Wildman–Crippen MR) is 345 cm³/mol. The van der Waals surface area contributed by atoms with Crippen LogP contribution < -0.4 is 5.32 Å². The van der Waals surface area contributed by atoms with Crippen molar-refractivity contribution in [3.05, 3.63) is 158 Å². The number of hydrogen-bond donors (Lipinski definition) is 9. The minimum atomic E-state index is -1.80. The summed E-state index contributed by atoms with van der Waals surface area (Å²) in [6.07, 6.45) is 65.8. The summed E-state index contributed by atoms with van der Waals surface area (Å²) in [5, 5.41) is 87.0. The van der Waals surface area contributed by atoms with Crippen LogP contribution in [0.25, 0.3) is 0 Å². The van der Waals surface area contributed by atoms with Crippen molar-refractivity contribution in [2.45, 2.75) is 261 Å². The van der Waals surface area contributed by atoms with Crippen LogP contribution in [0.3, 0.4) is 0 Å². The molecular weight excluding hydrogens is 1070 g/mol. The zero-order valence-electron chi connectivity index (χ0n) is 51.8. The maximum absolute atomic E-state index is 13.3. The van der Waals surface area contributed by atoms with E-state index in [1.54, 1.807) is 6.08 Å². The summed E-state index contributed by atoms with van der Waals surface area (Å²) in [5.74, 6) is -0.289. The highest BCUT2D eigenvalue weighted by Crippen LogP contribution is 2.30. The van der Waals surface area contributed by atoms with Crippen molar-refractivity contribution in [1.29, 1.82) is 0 Å². The van der Waals surface area contributed by atoms with Gasteiger partial charge in [0.2, 0.25) is 5.91 Å². The van der Waals surface area contributed by atoms with Crippen molar-refractivity contribution in [2.75, 3.05) is 19.8 Å². The van der Waals surface area contributed by atoms with E-state index in [1.807, 2.05) is 6.08 Å². The van der Waals surface area contributed by atoms with E-state index >= 15 is 0 Å². The summed E-state index contributed by atoms with van der Waals surface area (Å²) in [5.41, 5.74) is 0. The van der Waals surface area contributed by atoms with Gasteiger partial charge in [0.05, 0.1) is 32.0 Å². The van der Waals surface area contributed by atoms with E-state index in [9.17, 15) is 45.6 Å². The Labute approximate surface area is 512 Å². The van der Waals surface area contributed by atoms with Crippen molar-refractivity contribution in [1.82, 2.24) is 5.32 Å². The van der Waals surface area contributed by atoms with Gasteiger partial charge in [-0.05, 0) is 116 Å². The molecule has 12 unspecified atom stereocenters. The average molecular weight is 1190 g/mol. The number of allylic oxidation sites excluding steroid dienone is 25.